The number of hydrogen-bond donors (Lipinski definition) is 0. The van der Waals surface area contributed by atoms with Crippen LogP contribution in [0.25, 0.3) is 0 Å². The van der Waals surface area contributed by atoms with Gasteiger partial charge >= 0.3 is 0 Å². The van der Waals surface area contributed by atoms with E-state index >= 15 is 0 Å². The smallest absolute Gasteiger partial charge is 0.254 e. The van der Waals surface area contributed by atoms with Crippen molar-refractivity contribution in [2.45, 2.75) is 26.8 Å². The van der Waals surface area contributed by atoms with Crippen LogP contribution in [0.4, 0.5) is 5.69 Å². The normalized spacial score (nSPS) is 12.7. The molecule has 0 atom stereocenters. The van der Waals surface area contributed by atoms with Crippen LogP contribution in [0, 0.1) is 0 Å². The Bertz CT molecular complexity index is 815. The summed E-state index contributed by atoms with van der Waals surface area (Å²) in [6.45, 7) is 5.41. The summed E-state index contributed by atoms with van der Waals surface area (Å²) < 4.78 is 5.18. The van der Waals surface area contributed by atoms with Crippen molar-refractivity contribution in [2.75, 3.05) is 25.1 Å². The summed E-state index contributed by atoms with van der Waals surface area (Å²) >= 11 is 0. The Morgan fingerprint density at radius 1 is 1.15 bits per heavy atom. The molecule has 0 radical (unpaired) electrons. The van der Waals surface area contributed by atoms with Gasteiger partial charge in [0.25, 0.3) is 5.91 Å². The quantitative estimate of drug-likeness (QED) is 0.830. The fourth-order valence-corrected chi connectivity index (χ4v) is 3.32. The van der Waals surface area contributed by atoms with Crippen LogP contribution in [0.5, 0.6) is 5.75 Å². The number of rotatable bonds is 5. The zero-order valence-electron chi connectivity index (χ0n) is 15.5. The van der Waals surface area contributed by atoms with Gasteiger partial charge in [-0.15, -0.1) is 0 Å². The van der Waals surface area contributed by atoms with Crippen LogP contribution < -0.4 is 9.64 Å². The van der Waals surface area contributed by atoms with Gasteiger partial charge in [-0.25, -0.2) is 0 Å². The van der Waals surface area contributed by atoms with Crippen molar-refractivity contribution in [3.05, 3.63) is 59.2 Å². The van der Waals surface area contributed by atoms with Crippen LogP contribution in [0.3, 0.4) is 0 Å². The first-order valence-electron chi connectivity index (χ1n) is 8.86. The van der Waals surface area contributed by atoms with E-state index in [1.54, 1.807) is 18.9 Å². The molecule has 0 saturated carbocycles. The van der Waals surface area contributed by atoms with Gasteiger partial charge in [-0.1, -0.05) is 12.1 Å². The van der Waals surface area contributed by atoms with Crippen molar-refractivity contribution < 1.29 is 14.3 Å². The molecule has 5 heteroatoms. The summed E-state index contributed by atoms with van der Waals surface area (Å²) in [6, 6.07) is 13.4. The monoisotopic (exact) mass is 352 g/mol. The van der Waals surface area contributed by atoms with E-state index in [2.05, 4.69) is 0 Å². The molecule has 2 amide bonds. The predicted octanol–water partition coefficient (Wildman–Crippen LogP) is 3.27. The molecule has 2 aromatic rings. The average molecular weight is 352 g/mol. The van der Waals surface area contributed by atoms with Crippen molar-refractivity contribution in [2.24, 2.45) is 0 Å². The minimum atomic E-state index is 0.00685. The minimum Gasteiger partial charge on any atom is -0.497 e. The first-order chi connectivity index (χ1) is 12.5. The summed E-state index contributed by atoms with van der Waals surface area (Å²) in [7, 11) is 1.64. The number of benzene rings is 2. The van der Waals surface area contributed by atoms with Gasteiger partial charge in [0.05, 0.1) is 7.11 Å². The third kappa shape index (κ3) is 3.57. The third-order valence-electron chi connectivity index (χ3n) is 4.80. The van der Waals surface area contributed by atoms with Crippen LogP contribution in [0.15, 0.2) is 42.5 Å². The Kier molecular flexibility index (Phi) is 5.26. The predicted molar refractivity (Wildman–Crippen MR) is 102 cm³/mol. The second-order valence-electron chi connectivity index (χ2n) is 6.43. The lowest BCUT2D eigenvalue weighted by Gasteiger charge is -2.22. The Balaban J connectivity index is 1.77. The molecule has 1 heterocycles. The van der Waals surface area contributed by atoms with E-state index in [1.807, 2.05) is 54.3 Å². The number of hydrogen-bond acceptors (Lipinski definition) is 3. The molecule has 0 aliphatic carbocycles. The topological polar surface area (TPSA) is 49.9 Å². The number of carbonyl (C=O) groups is 2. The molecule has 0 unspecified atom stereocenters. The number of anilines is 1. The maximum absolute atomic E-state index is 12.9. The highest BCUT2D eigenvalue weighted by molar-refractivity contribution is 5.97. The van der Waals surface area contributed by atoms with E-state index in [4.69, 9.17) is 4.74 Å². The molecule has 1 aliphatic heterocycles. The fourth-order valence-electron chi connectivity index (χ4n) is 3.32. The first-order valence-corrected chi connectivity index (χ1v) is 8.86. The molecule has 0 fully saturated rings. The van der Waals surface area contributed by atoms with Crippen LogP contribution in [-0.4, -0.2) is 36.9 Å². The summed E-state index contributed by atoms with van der Waals surface area (Å²) in [5, 5.41) is 0. The number of ether oxygens (including phenoxy) is 1. The number of amides is 2. The van der Waals surface area contributed by atoms with E-state index in [0.29, 0.717) is 25.2 Å². The van der Waals surface area contributed by atoms with Gasteiger partial charge in [-0.05, 0) is 54.8 Å². The van der Waals surface area contributed by atoms with Gasteiger partial charge < -0.3 is 14.5 Å². The Hall–Kier alpha value is -2.82. The molecule has 0 bridgehead atoms. The highest BCUT2D eigenvalue weighted by Gasteiger charge is 2.24. The lowest BCUT2D eigenvalue weighted by Crippen LogP contribution is -2.30. The summed E-state index contributed by atoms with van der Waals surface area (Å²) in [5.74, 6) is 0.849. The highest BCUT2D eigenvalue weighted by atomic mass is 16.5. The molecule has 0 aromatic heterocycles. The van der Waals surface area contributed by atoms with Crippen LogP contribution in [-0.2, 0) is 17.8 Å². The van der Waals surface area contributed by atoms with Crippen molar-refractivity contribution in [3.63, 3.8) is 0 Å². The Morgan fingerprint density at radius 2 is 1.88 bits per heavy atom. The van der Waals surface area contributed by atoms with Gasteiger partial charge in [0.2, 0.25) is 5.91 Å². The van der Waals surface area contributed by atoms with Gasteiger partial charge in [-0.2, -0.15) is 0 Å². The second-order valence-corrected chi connectivity index (χ2v) is 6.43. The van der Waals surface area contributed by atoms with Crippen LogP contribution >= 0.6 is 0 Å². The second kappa shape index (κ2) is 7.60. The standard InChI is InChI=1S/C21H24N2O3/c1-4-22(14-16-5-8-19(26-3)9-6-16)21(25)18-7-10-20-17(13-18)11-12-23(20)15(2)24/h5-10,13H,4,11-12,14H2,1-3H3. The SMILES string of the molecule is CCN(Cc1ccc(OC)cc1)C(=O)c1ccc2c(c1)CCN2C(C)=O. The molecule has 0 spiro atoms. The fraction of sp³-hybridized carbons (Fsp3) is 0.333. The van der Waals surface area contributed by atoms with E-state index in [0.717, 1.165) is 29.0 Å². The lowest BCUT2D eigenvalue weighted by atomic mass is 10.1. The van der Waals surface area contributed by atoms with Gasteiger partial charge in [0.1, 0.15) is 5.75 Å². The number of methoxy groups -OCH3 is 1. The maximum Gasteiger partial charge on any atom is 0.254 e. The van der Waals surface area contributed by atoms with Crippen molar-refractivity contribution in [1.29, 1.82) is 0 Å². The van der Waals surface area contributed by atoms with Gasteiger partial charge in [0.15, 0.2) is 0 Å². The number of carbonyl (C=O) groups excluding carboxylic acids is 2. The highest BCUT2D eigenvalue weighted by Crippen LogP contribution is 2.29. The molecule has 0 saturated heterocycles. The molecule has 26 heavy (non-hydrogen) atoms. The van der Waals surface area contributed by atoms with E-state index in [9.17, 15) is 9.59 Å². The zero-order valence-corrected chi connectivity index (χ0v) is 15.5. The van der Waals surface area contributed by atoms with E-state index in [1.165, 1.54) is 0 Å². The van der Waals surface area contributed by atoms with Crippen molar-refractivity contribution in [3.8, 4) is 5.75 Å². The Morgan fingerprint density at radius 3 is 2.50 bits per heavy atom. The molecular weight excluding hydrogens is 328 g/mol. The molecule has 1 aliphatic rings. The van der Waals surface area contributed by atoms with Crippen LogP contribution in [0.1, 0.15) is 35.3 Å². The van der Waals surface area contributed by atoms with Crippen LogP contribution in [0.2, 0.25) is 0 Å². The largest absolute Gasteiger partial charge is 0.497 e. The average Bonchev–Trinajstić information content (AvgIpc) is 3.09. The van der Waals surface area contributed by atoms with Crippen molar-refractivity contribution in [1.82, 2.24) is 4.90 Å². The lowest BCUT2D eigenvalue weighted by molar-refractivity contribution is -0.116. The maximum atomic E-state index is 12.9. The molecule has 136 valence electrons. The minimum absolute atomic E-state index is 0.00685. The summed E-state index contributed by atoms with van der Waals surface area (Å²) in [4.78, 5) is 28.2. The molecule has 2 aromatic carbocycles. The molecule has 0 N–H and O–H groups in total. The van der Waals surface area contributed by atoms with E-state index in [-0.39, 0.29) is 11.8 Å². The molecule has 3 rings (SSSR count). The molecular formula is C21H24N2O3. The summed E-state index contributed by atoms with van der Waals surface area (Å²) in [5.41, 5.74) is 3.72. The van der Waals surface area contributed by atoms with Gasteiger partial charge in [-0.3, -0.25) is 9.59 Å². The van der Waals surface area contributed by atoms with E-state index < -0.39 is 0 Å². The van der Waals surface area contributed by atoms with Crippen molar-refractivity contribution >= 4 is 17.5 Å². The number of fused-ring (bicyclic) bond motifs is 1. The van der Waals surface area contributed by atoms with Gasteiger partial charge in [0, 0.05) is 37.8 Å². The first kappa shape index (κ1) is 18.0. The summed E-state index contributed by atoms with van der Waals surface area (Å²) in [6.07, 6.45) is 0.792. The third-order valence-corrected chi connectivity index (χ3v) is 4.80. The Labute approximate surface area is 154 Å². The zero-order chi connectivity index (χ0) is 18.7. The molecule has 5 nitrogen and oxygen atoms in total. The number of nitrogens with zero attached hydrogens (tertiary/aromatic N) is 2.